The number of hydrogen-bond donors (Lipinski definition) is 2. The van der Waals surface area contributed by atoms with E-state index < -0.39 is 0 Å². The second kappa shape index (κ2) is 5.04. The van der Waals surface area contributed by atoms with Crippen molar-refractivity contribution < 1.29 is 4.42 Å². The minimum atomic E-state index is 0.420. The lowest BCUT2D eigenvalue weighted by molar-refractivity contribution is 0.227. The first-order chi connectivity index (χ1) is 8.09. The van der Waals surface area contributed by atoms with Crippen LogP contribution < -0.4 is 10.6 Å². The van der Waals surface area contributed by atoms with Gasteiger partial charge in [-0.05, 0) is 31.7 Å². The molecule has 1 aromatic heterocycles. The largest absolute Gasteiger partial charge is 0.407 e. The number of nitrogens with zero attached hydrogens (tertiary/aromatic N) is 2. The molecule has 0 bridgehead atoms. The van der Waals surface area contributed by atoms with Gasteiger partial charge in [-0.15, -0.1) is 5.10 Å². The first-order valence-electron chi connectivity index (χ1n) is 6.32. The summed E-state index contributed by atoms with van der Waals surface area (Å²) < 4.78 is 5.50. The molecule has 2 rings (SSSR count). The standard InChI is InChI=1S/C12H22N4O/c1-12(2)6-4-5-9(7-12)14-11-16-15-10(17-11)8-13-3/h9,13H,4-8H2,1-3H3,(H,14,16). The van der Waals surface area contributed by atoms with Gasteiger partial charge in [-0.3, -0.25) is 0 Å². The molecule has 1 saturated carbocycles. The Morgan fingerprint density at radius 3 is 2.94 bits per heavy atom. The SMILES string of the molecule is CNCc1nnc(NC2CCCC(C)(C)C2)o1. The van der Waals surface area contributed by atoms with Gasteiger partial charge in [-0.1, -0.05) is 25.4 Å². The van der Waals surface area contributed by atoms with Crippen LogP contribution in [0.25, 0.3) is 0 Å². The van der Waals surface area contributed by atoms with Gasteiger partial charge in [0.25, 0.3) is 0 Å². The quantitative estimate of drug-likeness (QED) is 0.841. The van der Waals surface area contributed by atoms with E-state index in [1.165, 1.54) is 19.3 Å². The van der Waals surface area contributed by atoms with E-state index >= 15 is 0 Å². The van der Waals surface area contributed by atoms with Crippen LogP contribution in [0.5, 0.6) is 0 Å². The molecule has 1 aliphatic carbocycles. The summed E-state index contributed by atoms with van der Waals surface area (Å²) in [6.45, 7) is 5.26. The number of aromatic nitrogens is 2. The molecule has 96 valence electrons. The predicted octanol–water partition coefficient (Wildman–Crippen LogP) is 2.17. The Labute approximate surface area is 102 Å². The van der Waals surface area contributed by atoms with Crippen molar-refractivity contribution >= 4 is 6.01 Å². The molecule has 1 heterocycles. The van der Waals surface area contributed by atoms with Crippen LogP contribution in [0.4, 0.5) is 6.01 Å². The molecule has 0 amide bonds. The third-order valence-corrected chi connectivity index (χ3v) is 3.33. The van der Waals surface area contributed by atoms with E-state index in [2.05, 4.69) is 34.7 Å². The minimum absolute atomic E-state index is 0.420. The van der Waals surface area contributed by atoms with Crippen molar-refractivity contribution in [3.05, 3.63) is 5.89 Å². The molecule has 2 N–H and O–H groups in total. The van der Waals surface area contributed by atoms with E-state index in [1.807, 2.05) is 7.05 Å². The Kier molecular flexibility index (Phi) is 3.66. The van der Waals surface area contributed by atoms with Gasteiger partial charge < -0.3 is 15.1 Å². The summed E-state index contributed by atoms with van der Waals surface area (Å²) in [5.41, 5.74) is 0.420. The molecule has 0 aliphatic heterocycles. The van der Waals surface area contributed by atoms with Crippen LogP contribution in [0, 0.1) is 5.41 Å². The molecule has 0 aromatic carbocycles. The number of anilines is 1. The Hall–Kier alpha value is -1.10. The Morgan fingerprint density at radius 2 is 2.24 bits per heavy atom. The van der Waals surface area contributed by atoms with Crippen molar-refractivity contribution in [3.8, 4) is 0 Å². The average molecular weight is 238 g/mol. The summed E-state index contributed by atoms with van der Waals surface area (Å²) in [7, 11) is 1.86. The van der Waals surface area contributed by atoms with Gasteiger partial charge in [0.2, 0.25) is 5.89 Å². The smallest absolute Gasteiger partial charge is 0.315 e. The molecular formula is C12H22N4O. The van der Waals surface area contributed by atoms with Crippen LogP contribution in [0.1, 0.15) is 45.4 Å². The van der Waals surface area contributed by atoms with Gasteiger partial charge in [-0.25, -0.2) is 0 Å². The normalized spacial score (nSPS) is 23.6. The van der Waals surface area contributed by atoms with Crippen molar-refractivity contribution in [1.82, 2.24) is 15.5 Å². The molecule has 1 fully saturated rings. The summed E-state index contributed by atoms with van der Waals surface area (Å²) in [5, 5.41) is 14.3. The fourth-order valence-corrected chi connectivity index (χ4v) is 2.53. The molecule has 5 nitrogen and oxygen atoms in total. The lowest BCUT2D eigenvalue weighted by Gasteiger charge is -2.35. The van der Waals surface area contributed by atoms with Crippen molar-refractivity contribution in [3.63, 3.8) is 0 Å². The maximum Gasteiger partial charge on any atom is 0.315 e. The Bertz CT molecular complexity index is 361. The zero-order valence-electron chi connectivity index (χ0n) is 10.9. The monoisotopic (exact) mass is 238 g/mol. The molecule has 0 saturated heterocycles. The molecule has 5 heteroatoms. The fraction of sp³-hybridized carbons (Fsp3) is 0.833. The highest BCUT2D eigenvalue weighted by molar-refractivity contribution is 5.20. The van der Waals surface area contributed by atoms with Crippen LogP contribution in [0.3, 0.4) is 0 Å². The lowest BCUT2D eigenvalue weighted by Crippen LogP contribution is -2.31. The minimum Gasteiger partial charge on any atom is -0.407 e. The first-order valence-corrected chi connectivity index (χ1v) is 6.32. The topological polar surface area (TPSA) is 63.0 Å². The van der Waals surface area contributed by atoms with E-state index in [1.54, 1.807) is 0 Å². The number of rotatable bonds is 4. The van der Waals surface area contributed by atoms with Crippen molar-refractivity contribution in [2.24, 2.45) is 5.41 Å². The molecule has 1 atom stereocenters. The van der Waals surface area contributed by atoms with E-state index in [0.29, 0.717) is 29.9 Å². The summed E-state index contributed by atoms with van der Waals surface area (Å²) >= 11 is 0. The van der Waals surface area contributed by atoms with Crippen LogP contribution in [-0.2, 0) is 6.54 Å². The van der Waals surface area contributed by atoms with E-state index in [4.69, 9.17) is 4.42 Å². The van der Waals surface area contributed by atoms with Gasteiger partial charge in [0, 0.05) is 6.04 Å². The highest BCUT2D eigenvalue weighted by Crippen LogP contribution is 2.36. The summed E-state index contributed by atoms with van der Waals surface area (Å²) in [5.74, 6) is 0.630. The molecule has 0 spiro atoms. The number of nitrogens with one attached hydrogen (secondary N) is 2. The molecule has 17 heavy (non-hydrogen) atoms. The van der Waals surface area contributed by atoms with Gasteiger partial charge in [0.05, 0.1) is 6.54 Å². The van der Waals surface area contributed by atoms with E-state index in [9.17, 15) is 0 Å². The Morgan fingerprint density at radius 1 is 1.41 bits per heavy atom. The first kappa shape index (κ1) is 12.4. The van der Waals surface area contributed by atoms with Gasteiger partial charge >= 0.3 is 6.01 Å². The third-order valence-electron chi connectivity index (χ3n) is 3.33. The van der Waals surface area contributed by atoms with Crippen LogP contribution in [0.15, 0.2) is 4.42 Å². The zero-order valence-corrected chi connectivity index (χ0v) is 10.9. The maximum atomic E-state index is 5.50. The lowest BCUT2D eigenvalue weighted by atomic mass is 9.75. The molecule has 1 aliphatic rings. The maximum absolute atomic E-state index is 5.50. The third kappa shape index (κ3) is 3.43. The van der Waals surface area contributed by atoms with Gasteiger partial charge in [0.1, 0.15) is 0 Å². The van der Waals surface area contributed by atoms with E-state index in [0.717, 1.165) is 6.42 Å². The summed E-state index contributed by atoms with van der Waals surface area (Å²) in [6, 6.07) is 1.01. The highest BCUT2D eigenvalue weighted by Gasteiger charge is 2.28. The predicted molar refractivity (Wildman–Crippen MR) is 66.7 cm³/mol. The molecule has 1 unspecified atom stereocenters. The van der Waals surface area contributed by atoms with Crippen molar-refractivity contribution in [2.45, 2.75) is 52.1 Å². The van der Waals surface area contributed by atoms with Crippen LogP contribution in [0.2, 0.25) is 0 Å². The zero-order chi connectivity index (χ0) is 12.3. The van der Waals surface area contributed by atoms with Gasteiger partial charge in [0.15, 0.2) is 0 Å². The molecule has 1 aromatic rings. The second-order valence-corrected chi connectivity index (χ2v) is 5.63. The molecule has 0 radical (unpaired) electrons. The summed E-state index contributed by atoms with van der Waals surface area (Å²) in [4.78, 5) is 0. The van der Waals surface area contributed by atoms with Crippen LogP contribution >= 0.6 is 0 Å². The second-order valence-electron chi connectivity index (χ2n) is 5.63. The Balaban J connectivity index is 1.91. The molecular weight excluding hydrogens is 216 g/mol. The average Bonchev–Trinajstić information content (AvgIpc) is 2.64. The highest BCUT2D eigenvalue weighted by atomic mass is 16.4. The van der Waals surface area contributed by atoms with E-state index in [-0.39, 0.29) is 0 Å². The van der Waals surface area contributed by atoms with Gasteiger partial charge in [-0.2, -0.15) is 0 Å². The summed E-state index contributed by atoms with van der Waals surface area (Å²) in [6.07, 6.45) is 4.92. The van der Waals surface area contributed by atoms with Crippen LogP contribution in [-0.4, -0.2) is 23.3 Å². The fourth-order valence-electron chi connectivity index (χ4n) is 2.53. The van der Waals surface area contributed by atoms with Crippen molar-refractivity contribution in [2.75, 3.05) is 12.4 Å². The van der Waals surface area contributed by atoms with Crippen molar-refractivity contribution in [1.29, 1.82) is 0 Å². The number of hydrogen-bond acceptors (Lipinski definition) is 5.